The van der Waals surface area contributed by atoms with Gasteiger partial charge in [0.15, 0.2) is 5.82 Å². The van der Waals surface area contributed by atoms with E-state index in [0.717, 1.165) is 6.20 Å². The highest BCUT2D eigenvalue weighted by Crippen LogP contribution is 2.23. The minimum Gasteiger partial charge on any atom is -0.508 e. The van der Waals surface area contributed by atoms with Crippen molar-refractivity contribution in [1.29, 1.82) is 0 Å². The van der Waals surface area contributed by atoms with Gasteiger partial charge in [0.05, 0.1) is 0 Å². The fourth-order valence-corrected chi connectivity index (χ4v) is 2.20. The first-order chi connectivity index (χ1) is 8.89. The summed E-state index contributed by atoms with van der Waals surface area (Å²) < 4.78 is 44.6. The van der Waals surface area contributed by atoms with Crippen LogP contribution in [0.1, 0.15) is 11.1 Å². The van der Waals surface area contributed by atoms with Crippen LogP contribution >= 0.6 is 0 Å². The lowest BCUT2D eigenvalue weighted by atomic mass is 10.1. The van der Waals surface area contributed by atoms with Crippen molar-refractivity contribution in [3.05, 3.63) is 53.5 Å². The Morgan fingerprint density at radius 1 is 1.16 bits per heavy atom. The van der Waals surface area contributed by atoms with Crippen LogP contribution in [0.3, 0.4) is 0 Å². The molecule has 1 aromatic heterocycles. The summed E-state index contributed by atoms with van der Waals surface area (Å²) in [5.41, 5.74) is 0.456. The molecule has 0 amide bonds. The third-order valence-corrected chi connectivity index (χ3v) is 3.33. The number of para-hydroxylation sites is 1. The molecule has 100 valence electrons. The molecule has 1 heterocycles. The summed E-state index contributed by atoms with van der Waals surface area (Å²) in [6.07, 6.45) is 1.07. The molecule has 0 radical (unpaired) electrons. The zero-order valence-electron chi connectivity index (χ0n) is 9.62. The molecule has 2 N–H and O–H groups in total. The largest absolute Gasteiger partial charge is 0.508 e. The van der Waals surface area contributed by atoms with Gasteiger partial charge < -0.3 is 5.11 Å². The third-order valence-electron chi connectivity index (χ3n) is 2.55. The molecule has 7 heteroatoms. The van der Waals surface area contributed by atoms with Crippen molar-refractivity contribution in [2.24, 2.45) is 0 Å². The first-order valence-corrected chi connectivity index (χ1v) is 6.71. The van der Waals surface area contributed by atoms with E-state index in [4.69, 9.17) is 4.55 Å². The van der Waals surface area contributed by atoms with Crippen molar-refractivity contribution in [3.8, 4) is 5.75 Å². The van der Waals surface area contributed by atoms with Crippen molar-refractivity contribution in [1.82, 2.24) is 4.98 Å². The summed E-state index contributed by atoms with van der Waals surface area (Å²) in [6, 6.07) is 7.60. The van der Waals surface area contributed by atoms with E-state index in [1.807, 2.05) is 0 Å². The highest BCUT2D eigenvalue weighted by molar-refractivity contribution is 7.85. The van der Waals surface area contributed by atoms with Crippen molar-refractivity contribution in [2.45, 2.75) is 11.4 Å². The Morgan fingerprint density at radius 2 is 1.84 bits per heavy atom. The quantitative estimate of drug-likeness (QED) is 0.838. The first kappa shape index (κ1) is 13.4. The number of phenols is 1. The van der Waals surface area contributed by atoms with Crippen LogP contribution in [-0.4, -0.2) is 23.1 Å². The second-order valence-electron chi connectivity index (χ2n) is 3.87. The summed E-state index contributed by atoms with van der Waals surface area (Å²) in [5.74, 6) is -1.14. The van der Waals surface area contributed by atoms with Crippen LogP contribution in [0.25, 0.3) is 0 Å². The Kier molecular flexibility index (Phi) is 3.50. The molecule has 0 aliphatic carbocycles. The highest BCUT2D eigenvalue weighted by atomic mass is 32.2. The third kappa shape index (κ3) is 2.88. The second-order valence-corrected chi connectivity index (χ2v) is 5.21. The van der Waals surface area contributed by atoms with Gasteiger partial charge in [-0.1, -0.05) is 18.2 Å². The molecule has 2 aromatic rings. The van der Waals surface area contributed by atoms with Crippen molar-refractivity contribution >= 4 is 10.1 Å². The van der Waals surface area contributed by atoms with Crippen LogP contribution in [0.5, 0.6) is 5.75 Å². The number of benzene rings is 1. The summed E-state index contributed by atoms with van der Waals surface area (Å²) in [6.45, 7) is 0. The van der Waals surface area contributed by atoms with Crippen LogP contribution in [0, 0.1) is 5.82 Å². The zero-order valence-corrected chi connectivity index (χ0v) is 10.4. The maximum Gasteiger partial charge on any atom is 0.315 e. The van der Waals surface area contributed by atoms with Crippen LogP contribution in [0.15, 0.2) is 41.6 Å². The van der Waals surface area contributed by atoms with Gasteiger partial charge >= 0.3 is 10.1 Å². The van der Waals surface area contributed by atoms with E-state index in [-0.39, 0.29) is 17.7 Å². The maximum atomic E-state index is 13.9. The van der Waals surface area contributed by atoms with Gasteiger partial charge in [-0.25, -0.2) is 9.37 Å². The Bertz CT molecular complexity index is 715. The molecule has 2 rings (SSSR count). The number of hydrogen-bond acceptors (Lipinski definition) is 4. The van der Waals surface area contributed by atoms with E-state index in [2.05, 4.69) is 4.98 Å². The van der Waals surface area contributed by atoms with Gasteiger partial charge in [0.1, 0.15) is 5.75 Å². The number of hydrogen-bond donors (Lipinski definition) is 2. The van der Waals surface area contributed by atoms with E-state index in [1.54, 1.807) is 18.2 Å². The Hall–Kier alpha value is -1.99. The van der Waals surface area contributed by atoms with Gasteiger partial charge in [0.25, 0.3) is 0 Å². The predicted molar refractivity (Wildman–Crippen MR) is 64.9 cm³/mol. The molecule has 0 aliphatic heterocycles. The average Bonchev–Trinajstić information content (AvgIpc) is 2.33. The maximum absolute atomic E-state index is 13.9. The van der Waals surface area contributed by atoms with Gasteiger partial charge in [0.2, 0.25) is 5.03 Å². The lowest BCUT2D eigenvalue weighted by Gasteiger charge is -2.07. The molecule has 0 spiro atoms. The van der Waals surface area contributed by atoms with Gasteiger partial charge in [0, 0.05) is 12.6 Å². The fourth-order valence-electron chi connectivity index (χ4n) is 1.64. The molecule has 1 aromatic carbocycles. The van der Waals surface area contributed by atoms with E-state index in [0.29, 0.717) is 5.56 Å². The van der Waals surface area contributed by atoms with Crippen LogP contribution < -0.4 is 0 Å². The average molecular weight is 283 g/mol. The lowest BCUT2D eigenvalue weighted by Crippen LogP contribution is -2.07. The summed E-state index contributed by atoms with van der Waals surface area (Å²) in [4.78, 5) is 3.30. The normalized spacial score (nSPS) is 11.5. The number of phenolic OH excluding ortho intramolecular Hbond substituents is 1. The molecule has 0 bridgehead atoms. The fraction of sp³-hybridized carbons (Fsp3) is 0.0833. The summed E-state index contributed by atoms with van der Waals surface area (Å²) in [5, 5.41) is 8.57. The minimum atomic E-state index is -4.71. The van der Waals surface area contributed by atoms with E-state index in [1.165, 1.54) is 12.1 Å². The molecule has 0 aliphatic rings. The number of aromatic hydroxyl groups is 1. The van der Waals surface area contributed by atoms with Crippen LogP contribution in [0.4, 0.5) is 4.39 Å². The van der Waals surface area contributed by atoms with Crippen LogP contribution in [0.2, 0.25) is 0 Å². The number of halogens is 1. The number of rotatable bonds is 3. The number of pyridine rings is 1. The van der Waals surface area contributed by atoms with Gasteiger partial charge in [-0.05, 0) is 23.3 Å². The molecule has 5 nitrogen and oxygen atoms in total. The first-order valence-electron chi connectivity index (χ1n) is 5.27. The van der Waals surface area contributed by atoms with Crippen molar-refractivity contribution in [2.75, 3.05) is 0 Å². The molecule has 0 atom stereocenters. The van der Waals surface area contributed by atoms with Crippen molar-refractivity contribution < 1.29 is 22.5 Å². The zero-order chi connectivity index (χ0) is 14.0. The monoisotopic (exact) mass is 283 g/mol. The second kappa shape index (κ2) is 4.94. The number of aromatic nitrogens is 1. The van der Waals surface area contributed by atoms with E-state index >= 15 is 0 Å². The molecule has 19 heavy (non-hydrogen) atoms. The van der Waals surface area contributed by atoms with Gasteiger partial charge in [-0.2, -0.15) is 8.42 Å². The summed E-state index contributed by atoms with van der Waals surface area (Å²) in [7, 11) is -4.71. The smallest absolute Gasteiger partial charge is 0.315 e. The van der Waals surface area contributed by atoms with E-state index in [9.17, 15) is 17.9 Å². The summed E-state index contributed by atoms with van der Waals surface area (Å²) >= 11 is 0. The topological polar surface area (TPSA) is 87.5 Å². The minimum absolute atomic E-state index is 0.0104. The molecular weight excluding hydrogens is 273 g/mol. The van der Waals surface area contributed by atoms with Gasteiger partial charge in [-0.15, -0.1) is 0 Å². The molecule has 0 fully saturated rings. The SMILES string of the molecule is O=S(=O)(O)c1nccc(Cc2ccccc2O)c1F. The molecule has 0 saturated carbocycles. The molecule has 0 unspecified atom stereocenters. The Balaban J connectivity index is 2.46. The van der Waals surface area contributed by atoms with Crippen molar-refractivity contribution in [3.63, 3.8) is 0 Å². The standard InChI is InChI=1S/C12H10FNO4S/c13-11-9(5-6-14-12(11)19(16,17)18)7-8-3-1-2-4-10(8)15/h1-6,15H,7H2,(H,16,17,18). The Labute approximate surface area is 109 Å². The van der Waals surface area contributed by atoms with Gasteiger partial charge in [-0.3, -0.25) is 4.55 Å². The Morgan fingerprint density at radius 3 is 2.47 bits per heavy atom. The highest BCUT2D eigenvalue weighted by Gasteiger charge is 2.20. The molecule has 0 saturated heterocycles. The van der Waals surface area contributed by atoms with Crippen LogP contribution in [-0.2, 0) is 16.5 Å². The lowest BCUT2D eigenvalue weighted by molar-refractivity contribution is 0.463. The van der Waals surface area contributed by atoms with E-state index < -0.39 is 21.0 Å². The number of nitrogens with zero attached hydrogens (tertiary/aromatic N) is 1. The molecular formula is C12H10FNO4S. The predicted octanol–water partition coefficient (Wildman–Crippen LogP) is 1.76.